The highest BCUT2D eigenvalue weighted by atomic mass is 79.9. The molecule has 92 valence electrons. The first kappa shape index (κ1) is 12.7. The summed E-state index contributed by atoms with van der Waals surface area (Å²) in [6, 6.07) is 5.11. The topological polar surface area (TPSA) is 38.0 Å². The van der Waals surface area contributed by atoms with Gasteiger partial charge in [-0.2, -0.15) is 0 Å². The molecule has 0 aliphatic heterocycles. The summed E-state index contributed by atoms with van der Waals surface area (Å²) in [4.78, 5) is 0. The highest BCUT2D eigenvalue weighted by Gasteiger charge is 2.18. The zero-order valence-electron chi connectivity index (χ0n) is 9.50. The van der Waals surface area contributed by atoms with Gasteiger partial charge in [-0.1, -0.05) is 28.1 Å². The Kier molecular flexibility index (Phi) is 4.31. The predicted octanol–water partition coefficient (Wildman–Crippen LogP) is 2.90. The van der Waals surface area contributed by atoms with Gasteiger partial charge in [-0.3, -0.25) is 0 Å². The fourth-order valence-electron chi connectivity index (χ4n) is 2.10. The van der Waals surface area contributed by atoms with E-state index in [2.05, 4.69) is 33.4 Å². The van der Waals surface area contributed by atoms with Crippen molar-refractivity contribution in [3.63, 3.8) is 0 Å². The van der Waals surface area contributed by atoms with Crippen molar-refractivity contribution in [2.75, 3.05) is 6.54 Å². The molecule has 0 spiro atoms. The van der Waals surface area contributed by atoms with E-state index in [4.69, 9.17) is 5.73 Å². The van der Waals surface area contributed by atoms with Crippen LogP contribution in [0.25, 0.3) is 0 Å². The Hall–Kier alpha value is -0.710. The minimum atomic E-state index is -0.229. The van der Waals surface area contributed by atoms with Crippen molar-refractivity contribution in [1.29, 1.82) is 0 Å². The number of rotatable bonds is 4. The van der Waals surface area contributed by atoms with Crippen molar-refractivity contribution in [2.24, 2.45) is 5.73 Å². The molecule has 1 aromatic rings. The summed E-state index contributed by atoms with van der Waals surface area (Å²) in [6.45, 7) is 0.457. The highest BCUT2D eigenvalue weighted by Crippen LogP contribution is 2.25. The summed E-state index contributed by atoms with van der Waals surface area (Å²) < 4.78 is 14.2. The Morgan fingerprint density at radius 3 is 2.76 bits per heavy atom. The van der Waals surface area contributed by atoms with Crippen LogP contribution >= 0.6 is 15.9 Å². The van der Waals surface area contributed by atoms with E-state index in [1.54, 1.807) is 6.07 Å². The molecule has 1 aromatic carbocycles. The molecule has 0 aromatic heterocycles. The number of nitrogens with two attached hydrogens (primary N) is 1. The van der Waals surface area contributed by atoms with Gasteiger partial charge in [-0.05, 0) is 36.6 Å². The summed E-state index contributed by atoms with van der Waals surface area (Å²) in [5.74, 6) is -0.229. The first-order chi connectivity index (χ1) is 8.20. The van der Waals surface area contributed by atoms with Crippen LogP contribution in [0.4, 0.5) is 4.39 Å². The van der Waals surface area contributed by atoms with E-state index in [0.29, 0.717) is 12.6 Å². The van der Waals surface area contributed by atoms with Crippen LogP contribution in [-0.2, 0) is 0 Å². The van der Waals surface area contributed by atoms with E-state index in [9.17, 15) is 4.39 Å². The second-order valence-corrected chi connectivity index (χ2v) is 5.11. The van der Waals surface area contributed by atoms with E-state index in [-0.39, 0.29) is 11.9 Å². The highest BCUT2D eigenvalue weighted by molar-refractivity contribution is 9.10. The fraction of sp³-hybridized carbons (Fsp3) is 0.385. The van der Waals surface area contributed by atoms with Gasteiger partial charge in [-0.15, -0.1) is 0 Å². The first-order valence-electron chi connectivity index (χ1n) is 5.76. The van der Waals surface area contributed by atoms with Crippen molar-refractivity contribution < 1.29 is 4.39 Å². The second kappa shape index (κ2) is 5.76. The van der Waals surface area contributed by atoms with Crippen molar-refractivity contribution >= 4 is 15.9 Å². The average molecular weight is 299 g/mol. The first-order valence-corrected chi connectivity index (χ1v) is 6.56. The third-order valence-corrected chi connectivity index (χ3v) is 3.74. The Bertz CT molecular complexity index is 412. The molecule has 0 fully saturated rings. The minimum absolute atomic E-state index is 0.00928. The van der Waals surface area contributed by atoms with Crippen LogP contribution in [0.3, 0.4) is 0 Å². The lowest BCUT2D eigenvalue weighted by Gasteiger charge is -2.23. The summed E-state index contributed by atoms with van der Waals surface area (Å²) in [6.07, 6.45) is 6.35. The monoisotopic (exact) mass is 298 g/mol. The number of halogens is 2. The summed E-state index contributed by atoms with van der Waals surface area (Å²) in [5, 5.41) is 3.47. The van der Waals surface area contributed by atoms with Gasteiger partial charge < -0.3 is 11.1 Å². The predicted molar refractivity (Wildman–Crippen MR) is 71.2 cm³/mol. The molecular weight excluding hydrogens is 283 g/mol. The van der Waals surface area contributed by atoms with E-state index >= 15 is 0 Å². The third kappa shape index (κ3) is 3.15. The minimum Gasteiger partial charge on any atom is -0.329 e. The zero-order valence-corrected chi connectivity index (χ0v) is 11.1. The van der Waals surface area contributed by atoms with Gasteiger partial charge in [0.15, 0.2) is 0 Å². The van der Waals surface area contributed by atoms with Gasteiger partial charge in [0.2, 0.25) is 0 Å². The van der Waals surface area contributed by atoms with E-state index in [0.717, 1.165) is 22.9 Å². The van der Waals surface area contributed by atoms with Gasteiger partial charge >= 0.3 is 0 Å². The molecule has 2 rings (SSSR count). The zero-order chi connectivity index (χ0) is 12.3. The number of hydrogen-bond acceptors (Lipinski definition) is 2. The Labute approximate surface area is 109 Å². The van der Waals surface area contributed by atoms with Crippen LogP contribution in [0.1, 0.15) is 24.4 Å². The Morgan fingerprint density at radius 1 is 1.41 bits per heavy atom. The SMILES string of the molecule is NCC(NC1CC=CC1)c1cc(F)ccc1Br. The molecule has 0 saturated carbocycles. The molecule has 0 saturated heterocycles. The quantitative estimate of drug-likeness (QED) is 0.839. The van der Waals surface area contributed by atoms with E-state index in [1.807, 2.05) is 0 Å². The van der Waals surface area contributed by atoms with E-state index in [1.165, 1.54) is 12.1 Å². The van der Waals surface area contributed by atoms with Gasteiger partial charge in [0.1, 0.15) is 5.82 Å². The van der Waals surface area contributed by atoms with Crippen LogP contribution in [0, 0.1) is 5.82 Å². The molecule has 1 aliphatic carbocycles. The molecule has 3 N–H and O–H groups in total. The summed E-state index contributed by atoms with van der Waals surface area (Å²) in [7, 11) is 0. The average Bonchev–Trinajstić information content (AvgIpc) is 2.82. The standard InChI is InChI=1S/C13H16BrFN2/c14-12-6-5-9(15)7-11(12)13(8-16)17-10-3-1-2-4-10/h1-2,5-7,10,13,17H,3-4,8,16H2. The maximum absolute atomic E-state index is 13.3. The van der Waals surface area contributed by atoms with Crippen LogP contribution in [0.15, 0.2) is 34.8 Å². The second-order valence-electron chi connectivity index (χ2n) is 4.26. The van der Waals surface area contributed by atoms with Gasteiger partial charge in [0, 0.05) is 23.1 Å². The van der Waals surface area contributed by atoms with Gasteiger partial charge in [-0.25, -0.2) is 4.39 Å². The molecule has 17 heavy (non-hydrogen) atoms. The van der Waals surface area contributed by atoms with Crippen LogP contribution in [0.2, 0.25) is 0 Å². The fourth-order valence-corrected chi connectivity index (χ4v) is 2.63. The summed E-state index contributed by atoms with van der Waals surface area (Å²) >= 11 is 3.44. The normalized spacial score (nSPS) is 17.6. The third-order valence-electron chi connectivity index (χ3n) is 3.01. The molecule has 1 atom stereocenters. The van der Waals surface area contributed by atoms with Crippen LogP contribution in [0.5, 0.6) is 0 Å². The van der Waals surface area contributed by atoms with Crippen molar-refractivity contribution in [3.05, 3.63) is 46.2 Å². The Morgan fingerprint density at radius 2 is 2.12 bits per heavy atom. The molecule has 0 radical (unpaired) electrons. The molecule has 1 aliphatic rings. The van der Waals surface area contributed by atoms with E-state index < -0.39 is 0 Å². The molecule has 0 bridgehead atoms. The smallest absolute Gasteiger partial charge is 0.123 e. The van der Waals surface area contributed by atoms with Crippen molar-refractivity contribution in [3.8, 4) is 0 Å². The van der Waals surface area contributed by atoms with Gasteiger partial charge in [0.05, 0.1) is 0 Å². The number of hydrogen-bond donors (Lipinski definition) is 2. The van der Waals surface area contributed by atoms with Crippen LogP contribution in [-0.4, -0.2) is 12.6 Å². The molecule has 4 heteroatoms. The molecular formula is C13H16BrFN2. The van der Waals surface area contributed by atoms with Crippen molar-refractivity contribution in [2.45, 2.75) is 24.9 Å². The van der Waals surface area contributed by atoms with Crippen LogP contribution < -0.4 is 11.1 Å². The molecule has 1 unspecified atom stereocenters. The van der Waals surface area contributed by atoms with Gasteiger partial charge in [0.25, 0.3) is 0 Å². The molecule has 0 amide bonds. The number of nitrogens with one attached hydrogen (secondary N) is 1. The Balaban J connectivity index is 2.13. The molecule has 2 nitrogen and oxygen atoms in total. The lowest BCUT2D eigenvalue weighted by Crippen LogP contribution is -2.35. The lowest BCUT2D eigenvalue weighted by molar-refractivity contribution is 0.450. The van der Waals surface area contributed by atoms with Crippen molar-refractivity contribution in [1.82, 2.24) is 5.32 Å². The largest absolute Gasteiger partial charge is 0.329 e. The maximum Gasteiger partial charge on any atom is 0.123 e. The molecule has 0 heterocycles. The maximum atomic E-state index is 13.3. The lowest BCUT2D eigenvalue weighted by atomic mass is 10.0. The number of benzene rings is 1. The summed E-state index contributed by atoms with van der Waals surface area (Å²) in [5.41, 5.74) is 6.66.